The quantitative estimate of drug-likeness (QED) is 0.555. The summed E-state index contributed by atoms with van der Waals surface area (Å²) in [6.45, 7) is 0.722. The molecule has 1 fully saturated rings. The molecule has 3 heterocycles. The van der Waals surface area contributed by atoms with Crippen molar-refractivity contribution in [3.05, 3.63) is 59.9 Å². The topological polar surface area (TPSA) is 101 Å². The van der Waals surface area contributed by atoms with Crippen molar-refractivity contribution in [2.75, 3.05) is 0 Å². The number of rotatable bonds is 6. The van der Waals surface area contributed by atoms with Crippen LogP contribution in [0.25, 0.3) is 28.1 Å². The van der Waals surface area contributed by atoms with E-state index in [2.05, 4.69) is 16.0 Å². The van der Waals surface area contributed by atoms with E-state index in [0.717, 1.165) is 37.2 Å². The lowest BCUT2D eigenvalue weighted by Crippen LogP contribution is -2.42. The van der Waals surface area contributed by atoms with Crippen molar-refractivity contribution >= 4 is 26.8 Å². The number of pyridine rings is 2. The van der Waals surface area contributed by atoms with E-state index in [-0.39, 0.29) is 0 Å². The number of fused-ring (bicyclic) bond motifs is 1. The fourth-order valence-corrected chi connectivity index (χ4v) is 4.98. The molecule has 0 amide bonds. The Bertz CT molecular complexity index is 1510. The summed E-state index contributed by atoms with van der Waals surface area (Å²) in [6, 6.07) is 4.48. The van der Waals surface area contributed by atoms with Gasteiger partial charge in [-0.3, -0.25) is 9.55 Å². The molecule has 0 saturated heterocycles. The molecule has 34 heavy (non-hydrogen) atoms. The van der Waals surface area contributed by atoms with Crippen molar-refractivity contribution < 1.29 is 21.6 Å². The van der Waals surface area contributed by atoms with Gasteiger partial charge in [-0.05, 0) is 61.6 Å². The first-order chi connectivity index (χ1) is 16.1. The van der Waals surface area contributed by atoms with E-state index in [1.165, 1.54) is 12.1 Å². The summed E-state index contributed by atoms with van der Waals surface area (Å²) in [7, 11) is -4.45. The van der Waals surface area contributed by atoms with Crippen LogP contribution in [-0.4, -0.2) is 35.2 Å². The smallest absolute Gasteiger partial charge is 0.291 e. The predicted octanol–water partition coefficient (Wildman–Crippen LogP) is 4.49. The summed E-state index contributed by atoms with van der Waals surface area (Å²) < 4.78 is 66.6. The second-order valence-electron chi connectivity index (χ2n) is 8.30. The van der Waals surface area contributed by atoms with Gasteiger partial charge in [0.05, 0.1) is 17.0 Å². The maximum absolute atomic E-state index is 12.8. The molecule has 5 rings (SSSR count). The number of hydrogen-bond donors (Lipinski definition) is 1. The Hall–Kier alpha value is -3.49. The molecule has 3 aromatic heterocycles. The third-order valence-corrected chi connectivity index (χ3v) is 7.42. The maximum atomic E-state index is 12.8. The summed E-state index contributed by atoms with van der Waals surface area (Å²) in [4.78, 5) is 8.41. The lowest BCUT2D eigenvalue weighted by atomic mass is 10.1. The van der Waals surface area contributed by atoms with Gasteiger partial charge in [0.15, 0.2) is 0 Å². The zero-order valence-electron chi connectivity index (χ0n) is 17.8. The van der Waals surface area contributed by atoms with Crippen LogP contribution in [0.5, 0.6) is 0 Å². The summed E-state index contributed by atoms with van der Waals surface area (Å²) in [5.41, 5.74) is 3.50. The van der Waals surface area contributed by atoms with Gasteiger partial charge in [-0.2, -0.15) is 23.2 Å². The molecule has 2 aliphatic carbocycles. The van der Waals surface area contributed by atoms with E-state index < -0.39 is 27.1 Å². The molecule has 0 aliphatic heterocycles. The van der Waals surface area contributed by atoms with Crippen molar-refractivity contribution in [3.8, 4) is 17.5 Å². The molecule has 0 spiro atoms. The molecule has 2 aliphatic rings. The Morgan fingerprint density at radius 2 is 1.97 bits per heavy atom. The average Bonchev–Trinajstić information content (AvgIpc) is 3.55. The number of nitrogens with one attached hydrogen (secondary N) is 1. The molecule has 1 atom stereocenters. The van der Waals surface area contributed by atoms with Gasteiger partial charge < -0.3 is 0 Å². The maximum Gasteiger partial charge on any atom is 0.404 e. The molecule has 1 N–H and O–H groups in total. The minimum absolute atomic E-state index is 0.298. The number of aromatic nitrogens is 3. The molecule has 1 unspecified atom stereocenters. The first-order valence-electron chi connectivity index (χ1n) is 10.5. The Morgan fingerprint density at radius 1 is 1.24 bits per heavy atom. The van der Waals surface area contributed by atoms with Gasteiger partial charge in [-0.25, -0.2) is 13.4 Å². The van der Waals surface area contributed by atoms with Crippen molar-refractivity contribution in [2.24, 2.45) is 0 Å². The van der Waals surface area contributed by atoms with Gasteiger partial charge in [0.2, 0.25) is 10.0 Å². The number of sulfonamides is 1. The first kappa shape index (κ1) is 22.3. The van der Waals surface area contributed by atoms with Crippen LogP contribution >= 0.6 is 0 Å². The number of nitriles is 1. The number of alkyl halides is 3. The van der Waals surface area contributed by atoms with Crippen LogP contribution in [0.2, 0.25) is 0 Å². The van der Waals surface area contributed by atoms with Gasteiger partial charge in [-0.15, -0.1) is 0 Å². The highest BCUT2D eigenvalue weighted by Crippen LogP contribution is 2.43. The molecular formula is C23H18F3N5O2S. The van der Waals surface area contributed by atoms with Crippen LogP contribution in [0.1, 0.15) is 36.8 Å². The highest BCUT2D eigenvalue weighted by molar-refractivity contribution is 7.89. The molecule has 1 saturated carbocycles. The van der Waals surface area contributed by atoms with Crippen LogP contribution in [0.4, 0.5) is 13.2 Å². The average molecular weight is 485 g/mol. The van der Waals surface area contributed by atoms with Crippen molar-refractivity contribution in [2.45, 2.75) is 42.8 Å². The van der Waals surface area contributed by atoms with E-state index in [1.54, 1.807) is 15.5 Å². The lowest BCUT2D eigenvalue weighted by Gasteiger charge is -2.17. The van der Waals surface area contributed by atoms with E-state index in [4.69, 9.17) is 0 Å². The molecule has 7 nitrogen and oxygen atoms in total. The number of allylic oxidation sites excluding steroid dienone is 4. The van der Waals surface area contributed by atoms with Gasteiger partial charge in [0, 0.05) is 23.5 Å². The second kappa shape index (κ2) is 7.78. The van der Waals surface area contributed by atoms with E-state index >= 15 is 0 Å². The van der Waals surface area contributed by atoms with Gasteiger partial charge in [0.1, 0.15) is 22.7 Å². The fourth-order valence-electron chi connectivity index (χ4n) is 3.81. The first-order valence-corrected chi connectivity index (χ1v) is 12.0. The highest BCUT2D eigenvalue weighted by Gasteiger charge is 2.39. The van der Waals surface area contributed by atoms with Gasteiger partial charge in [0.25, 0.3) is 0 Å². The van der Waals surface area contributed by atoms with Crippen molar-refractivity contribution in [1.82, 2.24) is 19.3 Å². The molecule has 11 heteroatoms. The summed E-state index contributed by atoms with van der Waals surface area (Å²) >= 11 is 0. The molecule has 174 valence electrons. The minimum Gasteiger partial charge on any atom is -0.291 e. The summed E-state index contributed by atoms with van der Waals surface area (Å²) in [6.07, 6.45) is 5.76. The highest BCUT2D eigenvalue weighted by atomic mass is 32.2. The van der Waals surface area contributed by atoms with Gasteiger partial charge in [-0.1, -0.05) is 6.08 Å². The number of halogens is 3. The van der Waals surface area contributed by atoms with E-state index in [9.17, 15) is 26.9 Å². The van der Waals surface area contributed by atoms with E-state index in [0.29, 0.717) is 33.9 Å². The third kappa shape index (κ3) is 3.78. The van der Waals surface area contributed by atoms with Crippen LogP contribution < -0.4 is 4.72 Å². The van der Waals surface area contributed by atoms with Crippen molar-refractivity contribution in [3.63, 3.8) is 0 Å². The third-order valence-electron chi connectivity index (χ3n) is 5.89. The zero-order valence-corrected chi connectivity index (χ0v) is 18.7. The SMILES string of the molecule is CC(NS(=O)(=O)c1ccc(-c2c(C#N)c3cc(C4CC4)cnc3n2C2=CC=C2)nc1)C(F)(F)F. The monoisotopic (exact) mass is 485 g/mol. The molecule has 3 aromatic rings. The Morgan fingerprint density at radius 3 is 2.50 bits per heavy atom. The predicted molar refractivity (Wildman–Crippen MR) is 119 cm³/mol. The summed E-state index contributed by atoms with van der Waals surface area (Å²) in [5, 5.41) is 10.7. The molecule has 0 bridgehead atoms. The second-order valence-corrected chi connectivity index (χ2v) is 10.0. The molecule has 0 radical (unpaired) electrons. The minimum atomic E-state index is -4.72. The van der Waals surface area contributed by atoms with Crippen molar-refractivity contribution in [1.29, 1.82) is 5.26 Å². The number of nitrogens with zero attached hydrogens (tertiary/aromatic N) is 4. The largest absolute Gasteiger partial charge is 0.404 e. The zero-order chi connectivity index (χ0) is 24.3. The lowest BCUT2D eigenvalue weighted by molar-refractivity contribution is -0.147. The molecular weight excluding hydrogens is 467 g/mol. The standard InChI is InChI=1S/C23H18F3N5O2S/c1-13(23(24,25)26)30-34(32,33)17-7-8-20(28-12-17)21-19(10-27)18-9-15(14-5-6-14)11-29-22(18)31(21)16-3-2-4-16/h2-4,7-9,11-14,30H,5-6H2,1H3. The van der Waals surface area contributed by atoms with Crippen LogP contribution in [-0.2, 0) is 10.0 Å². The van der Waals surface area contributed by atoms with Crippen LogP contribution in [0.15, 0.2) is 53.7 Å². The fraction of sp³-hybridized carbons (Fsp3) is 0.261. The molecule has 0 aromatic carbocycles. The Balaban J connectivity index is 1.60. The van der Waals surface area contributed by atoms with Crippen LogP contribution in [0.3, 0.4) is 0 Å². The van der Waals surface area contributed by atoms with Gasteiger partial charge >= 0.3 is 6.18 Å². The normalized spacial score (nSPS) is 16.7. The van der Waals surface area contributed by atoms with E-state index in [1.807, 2.05) is 24.3 Å². The number of hydrogen-bond acceptors (Lipinski definition) is 5. The van der Waals surface area contributed by atoms with Crippen LogP contribution in [0, 0.1) is 11.3 Å². The Labute approximate surface area is 193 Å². The summed E-state index contributed by atoms with van der Waals surface area (Å²) in [5.74, 6) is 0.437. The Kier molecular flexibility index (Phi) is 5.11.